The minimum atomic E-state index is 0.750. The third-order valence-corrected chi connectivity index (χ3v) is 0. The molecular formula is C13H30O. The Morgan fingerprint density at radius 3 is 1.00 bits per heavy atom. The third-order valence-electron chi connectivity index (χ3n) is 0. The highest BCUT2D eigenvalue weighted by molar-refractivity contribution is 5.44. The summed E-state index contributed by atoms with van der Waals surface area (Å²) >= 11 is 0. The molecule has 0 fully saturated rings. The fraction of sp³-hybridized carbons (Fsp3) is 0.615. The molecule has 0 aromatic rings. The van der Waals surface area contributed by atoms with Crippen molar-refractivity contribution < 1.29 is 4.79 Å². The Balaban J connectivity index is -0.0000000249. The van der Waals surface area contributed by atoms with Crippen LogP contribution in [0.1, 0.15) is 55.4 Å². The predicted molar refractivity (Wildman–Crippen MR) is 70.8 cm³/mol. The summed E-state index contributed by atoms with van der Waals surface area (Å²) in [4.78, 5) is 8.81. The third kappa shape index (κ3) is 1590. The lowest BCUT2D eigenvalue weighted by Gasteiger charge is -1.65. The fourth-order valence-electron chi connectivity index (χ4n) is 0. The van der Waals surface area contributed by atoms with Crippen LogP contribution in [0, 0.1) is 0 Å². The van der Waals surface area contributed by atoms with Gasteiger partial charge in [-0.05, 0) is 27.7 Å². The van der Waals surface area contributed by atoms with E-state index in [1.165, 1.54) is 12.5 Å². The van der Waals surface area contributed by atoms with Crippen LogP contribution >= 0.6 is 0 Å². The summed E-state index contributed by atoms with van der Waals surface area (Å²) in [6.45, 7) is 22.2. The SMILES string of the molecule is C=C(C)C.C=CC.CC.CC.CC=O. The molecule has 88 valence electrons. The van der Waals surface area contributed by atoms with E-state index < -0.39 is 0 Å². The first-order valence-corrected chi connectivity index (χ1v) is 5.15. The monoisotopic (exact) mass is 202 g/mol. The van der Waals surface area contributed by atoms with Gasteiger partial charge in [-0.2, -0.15) is 0 Å². The van der Waals surface area contributed by atoms with Gasteiger partial charge < -0.3 is 4.79 Å². The zero-order valence-electron chi connectivity index (χ0n) is 11.5. The second-order valence-corrected chi connectivity index (χ2v) is 1.85. The predicted octanol–water partition coefficient (Wildman–Crippen LogP) is 5.03. The Hall–Kier alpha value is -0.850. The number of carbonyl (C=O) groups is 1. The molecule has 0 aromatic carbocycles. The molecule has 0 saturated carbocycles. The highest BCUT2D eigenvalue weighted by Gasteiger charge is 1.51. The van der Waals surface area contributed by atoms with Crippen molar-refractivity contribution in [3.8, 4) is 0 Å². The molecule has 0 N–H and O–H groups in total. The molecule has 0 unspecified atom stereocenters. The summed E-state index contributed by atoms with van der Waals surface area (Å²) in [7, 11) is 0. The summed E-state index contributed by atoms with van der Waals surface area (Å²) in [6.07, 6.45) is 2.50. The van der Waals surface area contributed by atoms with Gasteiger partial charge in [0.2, 0.25) is 0 Å². The molecule has 0 atom stereocenters. The second-order valence-electron chi connectivity index (χ2n) is 1.85. The van der Waals surface area contributed by atoms with Gasteiger partial charge in [-0.1, -0.05) is 39.3 Å². The molecule has 0 saturated heterocycles. The fourth-order valence-corrected chi connectivity index (χ4v) is 0. The van der Waals surface area contributed by atoms with Crippen LogP contribution in [0.15, 0.2) is 24.8 Å². The smallest absolute Gasteiger partial charge is 0.116 e. The molecule has 0 aliphatic rings. The molecule has 0 radical (unpaired) electrons. The van der Waals surface area contributed by atoms with Crippen LogP contribution in [0.3, 0.4) is 0 Å². The average Bonchev–Trinajstić information content (AvgIpc) is 2.12. The summed E-state index contributed by atoms with van der Waals surface area (Å²) in [5.74, 6) is 0. The highest BCUT2D eigenvalue weighted by Crippen LogP contribution is 1.73. The number of carbonyl (C=O) groups excluding carboxylic acids is 1. The molecule has 1 heteroatoms. The van der Waals surface area contributed by atoms with E-state index in [4.69, 9.17) is 4.79 Å². The quantitative estimate of drug-likeness (QED) is 0.397. The Kier molecular flexibility index (Phi) is 183. The number of allylic oxidation sites excluding steroid dienone is 2. The maximum Gasteiger partial charge on any atom is 0.116 e. The Bertz CT molecular complexity index is 73.2. The van der Waals surface area contributed by atoms with E-state index in [0.29, 0.717) is 0 Å². The number of hydrogen-bond donors (Lipinski definition) is 0. The first-order chi connectivity index (χ1) is 6.56. The van der Waals surface area contributed by atoms with Gasteiger partial charge in [-0.15, -0.1) is 13.2 Å². The largest absolute Gasteiger partial charge is 0.304 e. The van der Waals surface area contributed by atoms with Gasteiger partial charge in [0.05, 0.1) is 0 Å². The number of rotatable bonds is 0. The molecule has 0 aromatic heterocycles. The van der Waals surface area contributed by atoms with Gasteiger partial charge in [0.15, 0.2) is 0 Å². The minimum absolute atomic E-state index is 0.750. The molecule has 0 amide bonds. The van der Waals surface area contributed by atoms with E-state index in [1.807, 2.05) is 48.5 Å². The van der Waals surface area contributed by atoms with Gasteiger partial charge >= 0.3 is 0 Å². The summed E-state index contributed by atoms with van der Waals surface area (Å²) in [6, 6.07) is 0. The van der Waals surface area contributed by atoms with Gasteiger partial charge in [0, 0.05) is 0 Å². The summed E-state index contributed by atoms with van der Waals surface area (Å²) in [5.41, 5.74) is 1.17. The van der Waals surface area contributed by atoms with Crippen LogP contribution in [0.25, 0.3) is 0 Å². The van der Waals surface area contributed by atoms with Crippen molar-refractivity contribution in [1.29, 1.82) is 0 Å². The first kappa shape index (κ1) is 29.2. The van der Waals surface area contributed by atoms with Gasteiger partial charge in [0.1, 0.15) is 6.29 Å². The molecular weight excluding hydrogens is 172 g/mol. The standard InChI is InChI=1S/C4H8.C3H6.C2H4O.2C2H6/c1-4(2)3;1-3-2;1-2-3;2*1-2/h1H2,2-3H3;3H,1H2,2H3;2H,1H3;2*1-2H3. The van der Waals surface area contributed by atoms with Crippen LogP contribution in [-0.2, 0) is 4.79 Å². The van der Waals surface area contributed by atoms with Crippen molar-refractivity contribution in [3.63, 3.8) is 0 Å². The van der Waals surface area contributed by atoms with Crippen molar-refractivity contribution >= 4 is 6.29 Å². The van der Waals surface area contributed by atoms with Crippen LogP contribution in [0.5, 0.6) is 0 Å². The molecule has 0 aliphatic carbocycles. The number of aldehydes is 1. The van der Waals surface area contributed by atoms with Crippen LogP contribution in [0.2, 0.25) is 0 Å². The normalized spacial score (nSPS) is 4.57. The van der Waals surface area contributed by atoms with Crippen molar-refractivity contribution in [2.45, 2.75) is 55.4 Å². The average molecular weight is 202 g/mol. The minimum Gasteiger partial charge on any atom is -0.304 e. The Morgan fingerprint density at radius 1 is 1.00 bits per heavy atom. The lowest BCUT2D eigenvalue weighted by Crippen LogP contribution is -1.43. The van der Waals surface area contributed by atoms with Crippen molar-refractivity contribution in [2.24, 2.45) is 0 Å². The van der Waals surface area contributed by atoms with E-state index in [2.05, 4.69) is 13.2 Å². The van der Waals surface area contributed by atoms with Crippen molar-refractivity contribution in [3.05, 3.63) is 24.8 Å². The van der Waals surface area contributed by atoms with Gasteiger partial charge in [-0.25, -0.2) is 0 Å². The van der Waals surface area contributed by atoms with E-state index in [9.17, 15) is 0 Å². The zero-order valence-corrected chi connectivity index (χ0v) is 11.5. The van der Waals surface area contributed by atoms with Gasteiger partial charge in [0.25, 0.3) is 0 Å². The molecule has 0 spiro atoms. The van der Waals surface area contributed by atoms with Crippen LogP contribution in [-0.4, -0.2) is 6.29 Å². The van der Waals surface area contributed by atoms with E-state index in [-0.39, 0.29) is 0 Å². The Morgan fingerprint density at radius 2 is 1.00 bits per heavy atom. The van der Waals surface area contributed by atoms with E-state index >= 15 is 0 Å². The lowest BCUT2D eigenvalue weighted by atomic mass is 10.4. The summed E-state index contributed by atoms with van der Waals surface area (Å²) in [5, 5.41) is 0. The van der Waals surface area contributed by atoms with E-state index in [1.54, 1.807) is 6.08 Å². The molecule has 0 rings (SSSR count). The summed E-state index contributed by atoms with van der Waals surface area (Å²) < 4.78 is 0. The molecule has 0 aliphatic heterocycles. The first-order valence-electron chi connectivity index (χ1n) is 5.15. The van der Waals surface area contributed by atoms with Crippen molar-refractivity contribution in [2.75, 3.05) is 0 Å². The molecule has 0 heterocycles. The Labute approximate surface area is 91.9 Å². The molecule has 0 bridgehead atoms. The van der Waals surface area contributed by atoms with Gasteiger partial charge in [-0.3, -0.25) is 0 Å². The lowest BCUT2D eigenvalue weighted by molar-refractivity contribution is -0.106. The van der Waals surface area contributed by atoms with Crippen molar-refractivity contribution in [1.82, 2.24) is 0 Å². The topological polar surface area (TPSA) is 17.1 Å². The second kappa shape index (κ2) is 87.7. The number of hydrogen-bond acceptors (Lipinski definition) is 1. The zero-order chi connectivity index (χ0) is 13.0. The highest BCUT2D eigenvalue weighted by atomic mass is 16.1. The molecule has 14 heavy (non-hydrogen) atoms. The van der Waals surface area contributed by atoms with Crippen LogP contribution in [0.4, 0.5) is 0 Å². The van der Waals surface area contributed by atoms with E-state index in [0.717, 1.165) is 6.29 Å². The van der Waals surface area contributed by atoms with Crippen LogP contribution < -0.4 is 0 Å². The maximum absolute atomic E-state index is 8.81. The molecule has 1 nitrogen and oxygen atoms in total. The maximum atomic E-state index is 8.81.